The molecular weight excluding hydrogens is 506 g/mol. The second kappa shape index (κ2) is 10.6. The zero-order valence-electron chi connectivity index (χ0n) is 21.4. The van der Waals surface area contributed by atoms with Crippen LogP contribution in [0.2, 0.25) is 0 Å². The molecule has 3 N–H and O–H groups in total. The van der Waals surface area contributed by atoms with E-state index in [2.05, 4.69) is 20.9 Å². The minimum absolute atomic E-state index is 0.165. The van der Waals surface area contributed by atoms with E-state index in [1.54, 1.807) is 30.7 Å². The topological polar surface area (TPSA) is 137 Å². The molecule has 1 amide bonds. The highest BCUT2D eigenvalue weighted by atomic mass is 32.1. The van der Waals surface area contributed by atoms with Crippen molar-refractivity contribution in [2.24, 2.45) is 0 Å². The molecule has 1 saturated heterocycles. The normalized spacial score (nSPS) is 14.1. The lowest BCUT2D eigenvalue weighted by Gasteiger charge is -2.28. The smallest absolute Gasteiger partial charge is 0.277 e. The first-order chi connectivity index (χ1) is 18.2. The molecule has 0 atom stereocenters. The van der Waals surface area contributed by atoms with Crippen LogP contribution in [0, 0.1) is 0 Å². The number of carbonyl (C=O) groups excluding carboxylic acids is 1. The fourth-order valence-electron chi connectivity index (χ4n) is 4.20. The predicted octanol–water partition coefficient (Wildman–Crippen LogP) is 2.97. The maximum Gasteiger partial charge on any atom is 0.277 e. The van der Waals surface area contributed by atoms with Crippen LogP contribution in [0.1, 0.15) is 34.6 Å². The number of carbonyl (C=O) groups is 1. The molecule has 0 unspecified atom stereocenters. The molecule has 3 aromatic heterocycles. The van der Waals surface area contributed by atoms with Crippen LogP contribution < -0.4 is 15.3 Å². The van der Waals surface area contributed by atoms with Gasteiger partial charge in [0.2, 0.25) is 5.95 Å². The fraction of sp³-hybridized carbons (Fsp3) is 0.346. The summed E-state index contributed by atoms with van der Waals surface area (Å²) >= 11 is 1.62. The molecular formula is C26H29N7O4S. The van der Waals surface area contributed by atoms with Gasteiger partial charge in [0.15, 0.2) is 11.6 Å². The number of amides is 1. The standard InChI is InChI=1S/C26H29N7O4S/c1-26(2,35)18-6-4-5-16(11-18)22-29-20-12-19(38-21(20)23(30-22)33-7-9-37-10-8-33)15-32(3)25-27-13-17(14-28-25)24(34)31-36/h4-6,11-14,35-36H,7-10,15H2,1-3H3,(H,31,34). The molecule has 1 fully saturated rings. The van der Waals surface area contributed by atoms with Crippen LogP contribution in [0.3, 0.4) is 0 Å². The molecule has 0 bridgehead atoms. The number of anilines is 2. The molecule has 1 aliphatic rings. The van der Waals surface area contributed by atoms with Crippen molar-refractivity contribution in [3.05, 3.63) is 58.7 Å². The van der Waals surface area contributed by atoms with Crippen molar-refractivity contribution in [3.63, 3.8) is 0 Å². The number of hydrogen-bond donors (Lipinski definition) is 3. The van der Waals surface area contributed by atoms with Crippen LogP contribution >= 0.6 is 11.3 Å². The summed E-state index contributed by atoms with van der Waals surface area (Å²) in [5.41, 5.74) is 3.24. The molecule has 0 aliphatic carbocycles. The van der Waals surface area contributed by atoms with Crippen molar-refractivity contribution in [2.75, 3.05) is 43.2 Å². The SMILES string of the molecule is CN(Cc1cc2nc(-c3cccc(C(C)(C)O)c3)nc(N3CCOCC3)c2s1)c1ncc(C(=O)NO)cn1. The Labute approximate surface area is 223 Å². The van der Waals surface area contributed by atoms with E-state index < -0.39 is 11.5 Å². The van der Waals surface area contributed by atoms with Crippen molar-refractivity contribution >= 4 is 39.2 Å². The van der Waals surface area contributed by atoms with Crippen LogP contribution in [0.15, 0.2) is 42.7 Å². The van der Waals surface area contributed by atoms with Gasteiger partial charge < -0.3 is 19.6 Å². The number of aromatic nitrogens is 4. The zero-order chi connectivity index (χ0) is 26.9. The summed E-state index contributed by atoms with van der Waals surface area (Å²) in [6.45, 7) is 6.80. The molecule has 4 aromatic rings. The zero-order valence-corrected chi connectivity index (χ0v) is 22.2. The minimum Gasteiger partial charge on any atom is -0.386 e. The van der Waals surface area contributed by atoms with Crippen LogP contribution in [0.25, 0.3) is 21.6 Å². The molecule has 1 aromatic carbocycles. The van der Waals surface area contributed by atoms with Gasteiger partial charge in [0.25, 0.3) is 5.91 Å². The molecule has 0 saturated carbocycles. The molecule has 5 rings (SSSR count). The van der Waals surface area contributed by atoms with Gasteiger partial charge in [-0.25, -0.2) is 25.4 Å². The third-order valence-corrected chi connectivity index (χ3v) is 7.38. The summed E-state index contributed by atoms with van der Waals surface area (Å²) in [5.74, 6) is 1.25. The van der Waals surface area contributed by atoms with Crippen molar-refractivity contribution < 1.29 is 19.8 Å². The summed E-state index contributed by atoms with van der Waals surface area (Å²) in [5, 5.41) is 19.3. The van der Waals surface area contributed by atoms with Crippen molar-refractivity contribution in [1.29, 1.82) is 0 Å². The van der Waals surface area contributed by atoms with E-state index in [1.807, 2.05) is 36.2 Å². The highest BCUT2D eigenvalue weighted by Gasteiger charge is 2.22. The lowest BCUT2D eigenvalue weighted by molar-refractivity contribution is 0.0705. The van der Waals surface area contributed by atoms with E-state index in [-0.39, 0.29) is 5.56 Å². The Bertz CT molecular complexity index is 1450. The first kappa shape index (κ1) is 25.9. The van der Waals surface area contributed by atoms with Gasteiger partial charge in [-0.1, -0.05) is 18.2 Å². The Hall–Kier alpha value is -3.71. The number of hydroxylamine groups is 1. The average Bonchev–Trinajstić information content (AvgIpc) is 3.34. The van der Waals surface area contributed by atoms with Gasteiger partial charge in [-0.15, -0.1) is 11.3 Å². The predicted molar refractivity (Wildman–Crippen MR) is 145 cm³/mol. The number of nitrogens with one attached hydrogen (secondary N) is 1. The highest BCUT2D eigenvalue weighted by Crippen LogP contribution is 2.35. The van der Waals surface area contributed by atoms with Crippen LogP contribution in [0.5, 0.6) is 0 Å². The maximum absolute atomic E-state index is 11.6. The van der Waals surface area contributed by atoms with Gasteiger partial charge in [-0.3, -0.25) is 10.0 Å². The Morgan fingerprint density at radius 1 is 1.18 bits per heavy atom. The number of ether oxygens (including phenoxy) is 1. The van der Waals surface area contributed by atoms with Gasteiger partial charge >= 0.3 is 0 Å². The van der Waals surface area contributed by atoms with Crippen molar-refractivity contribution in [3.8, 4) is 11.4 Å². The maximum atomic E-state index is 11.6. The molecule has 0 spiro atoms. The molecule has 4 heterocycles. The molecule has 0 radical (unpaired) electrons. The third-order valence-electron chi connectivity index (χ3n) is 6.28. The second-order valence-corrected chi connectivity index (χ2v) is 10.7. The lowest BCUT2D eigenvalue weighted by atomic mass is 9.96. The number of fused-ring (bicyclic) bond motifs is 1. The van der Waals surface area contributed by atoms with E-state index in [0.717, 1.165) is 45.1 Å². The summed E-state index contributed by atoms with van der Waals surface area (Å²) in [6.07, 6.45) is 2.73. The fourth-order valence-corrected chi connectivity index (χ4v) is 5.37. The first-order valence-corrected chi connectivity index (χ1v) is 13.0. The summed E-state index contributed by atoms with van der Waals surface area (Å²) in [4.78, 5) is 35.1. The second-order valence-electron chi connectivity index (χ2n) is 9.61. The van der Waals surface area contributed by atoms with Crippen molar-refractivity contribution in [1.82, 2.24) is 25.4 Å². The van der Waals surface area contributed by atoms with Gasteiger partial charge in [-0.05, 0) is 31.5 Å². The number of aliphatic hydroxyl groups is 1. The van der Waals surface area contributed by atoms with E-state index in [1.165, 1.54) is 12.4 Å². The number of hydrogen-bond acceptors (Lipinski definition) is 11. The minimum atomic E-state index is -0.977. The third kappa shape index (κ3) is 5.43. The number of nitrogens with zero attached hydrogens (tertiary/aromatic N) is 6. The Balaban J connectivity index is 1.50. The highest BCUT2D eigenvalue weighted by molar-refractivity contribution is 7.19. The summed E-state index contributed by atoms with van der Waals surface area (Å²) < 4.78 is 6.56. The molecule has 38 heavy (non-hydrogen) atoms. The molecule has 198 valence electrons. The van der Waals surface area contributed by atoms with E-state index in [0.29, 0.717) is 31.5 Å². The van der Waals surface area contributed by atoms with E-state index >= 15 is 0 Å². The Morgan fingerprint density at radius 3 is 2.61 bits per heavy atom. The van der Waals surface area contributed by atoms with E-state index in [4.69, 9.17) is 19.9 Å². The average molecular weight is 536 g/mol. The van der Waals surface area contributed by atoms with Crippen LogP contribution in [-0.2, 0) is 16.9 Å². The quantitative estimate of drug-likeness (QED) is 0.239. The van der Waals surface area contributed by atoms with Crippen LogP contribution in [0.4, 0.5) is 11.8 Å². The van der Waals surface area contributed by atoms with Crippen LogP contribution in [-0.4, -0.2) is 69.5 Å². The summed E-state index contributed by atoms with van der Waals surface area (Å²) in [7, 11) is 1.87. The number of thiophene rings is 1. The lowest BCUT2D eigenvalue weighted by Crippen LogP contribution is -2.36. The number of morpholine rings is 1. The number of rotatable bonds is 7. The monoisotopic (exact) mass is 535 g/mol. The first-order valence-electron chi connectivity index (χ1n) is 12.2. The Kier molecular flexibility index (Phi) is 7.21. The Morgan fingerprint density at radius 2 is 1.92 bits per heavy atom. The summed E-state index contributed by atoms with van der Waals surface area (Å²) in [6, 6.07) is 9.75. The van der Waals surface area contributed by atoms with E-state index in [9.17, 15) is 9.90 Å². The van der Waals surface area contributed by atoms with Gasteiger partial charge in [-0.2, -0.15) is 0 Å². The van der Waals surface area contributed by atoms with Gasteiger partial charge in [0.1, 0.15) is 0 Å². The van der Waals surface area contributed by atoms with Gasteiger partial charge in [0, 0.05) is 43.0 Å². The van der Waals surface area contributed by atoms with Crippen molar-refractivity contribution in [2.45, 2.75) is 26.0 Å². The number of benzene rings is 1. The molecule has 11 nitrogen and oxygen atoms in total. The molecule has 1 aliphatic heterocycles. The largest absolute Gasteiger partial charge is 0.386 e. The van der Waals surface area contributed by atoms with Gasteiger partial charge in [0.05, 0.1) is 41.1 Å². The molecule has 12 heteroatoms.